The standard InChI is InChI=1S/C16H19N3O2/c20-12-14-5-3-13(4-6-14)2-1-8-18-11-15-10-17-7-9-19(15)16(18)21/h3-6,15,17,20H,7-12H2. The number of carbonyl (C=O) groups excluding carboxylic acids is 1. The Bertz CT molecular complexity index is 573. The van der Waals surface area contributed by atoms with Gasteiger partial charge in [-0.05, 0) is 17.7 Å². The van der Waals surface area contributed by atoms with Crippen molar-refractivity contribution in [3.63, 3.8) is 0 Å². The molecule has 0 bridgehead atoms. The van der Waals surface area contributed by atoms with Crippen LogP contribution in [0, 0.1) is 11.8 Å². The van der Waals surface area contributed by atoms with Gasteiger partial charge in [0.1, 0.15) is 0 Å². The lowest BCUT2D eigenvalue weighted by Crippen LogP contribution is -2.49. The first kappa shape index (κ1) is 13.9. The number of hydrogen-bond acceptors (Lipinski definition) is 3. The van der Waals surface area contributed by atoms with Crippen LogP contribution in [0.2, 0.25) is 0 Å². The van der Waals surface area contributed by atoms with Crippen LogP contribution in [0.25, 0.3) is 0 Å². The normalized spacial score (nSPS) is 21.0. The maximum atomic E-state index is 12.2. The van der Waals surface area contributed by atoms with Gasteiger partial charge in [-0.1, -0.05) is 24.0 Å². The number of aliphatic hydroxyl groups is 1. The Morgan fingerprint density at radius 1 is 1.33 bits per heavy atom. The molecule has 2 heterocycles. The van der Waals surface area contributed by atoms with Gasteiger partial charge in [-0.25, -0.2) is 4.79 Å². The quantitative estimate of drug-likeness (QED) is 0.765. The molecular formula is C16H19N3O2. The summed E-state index contributed by atoms with van der Waals surface area (Å²) >= 11 is 0. The minimum Gasteiger partial charge on any atom is -0.392 e. The SMILES string of the molecule is O=C1N(CC#Cc2ccc(CO)cc2)CC2CNCCN12. The van der Waals surface area contributed by atoms with E-state index in [0.29, 0.717) is 6.54 Å². The maximum Gasteiger partial charge on any atom is 0.321 e. The average Bonchev–Trinajstić information content (AvgIpc) is 2.85. The molecule has 0 aliphatic carbocycles. The highest BCUT2D eigenvalue weighted by atomic mass is 16.3. The largest absolute Gasteiger partial charge is 0.392 e. The summed E-state index contributed by atoms with van der Waals surface area (Å²) in [6.45, 7) is 3.80. The molecule has 2 amide bonds. The van der Waals surface area contributed by atoms with Gasteiger partial charge in [-0.2, -0.15) is 0 Å². The Morgan fingerprint density at radius 2 is 2.14 bits per heavy atom. The van der Waals surface area contributed by atoms with Crippen molar-refractivity contribution in [1.82, 2.24) is 15.1 Å². The van der Waals surface area contributed by atoms with Crippen molar-refractivity contribution in [1.29, 1.82) is 0 Å². The van der Waals surface area contributed by atoms with E-state index in [0.717, 1.165) is 37.3 Å². The van der Waals surface area contributed by atoms with E-state index in [1.807, 2.05) is 34.1 Å². The molecule has 2 aliphatic rings. The Kier molecular flexibility index (Phi) is 4.09. The van der Waals surface area contributed by atoms with Crippen molar-refractivity contribution >= 4 is 6.03 Å². The number of fused-ring (bicyclic) bond motifs is 1. The van der Waals surface area contributed by atoms with E-state index in [4.69, 9.17) is 5.11 Å². The summed E-state index contributed by atoms with van der Waals surface area (Å²) in [7, 11) is 0. The van der Waals surface area contributed by atoms with E-state index in [1.165, 1.54) is 0 Å². The third kappa shape index (κ3) is 3.02. The highest BCUT2D eigenvalue weighted by Gasteiger charge is 2.37. The molecule has 1 aromatic rings. The number of benzene rings is 1. The van der Waals surface area contributed by atoms with Crippen molar-refractivity contribution < 1.29 is 9.90 Å². The first-order valence-corrected chi connectivity index (χ1v) is 7.23. The topological polar surface area (TPSA) is 55.8 Å². The highest BCUT2D eigenvalue weighted by Crippen LogP contribution is 2.16. The van der Waals surface area contributed by atoms with Gasteiger partial charge in [0, 0.05) is 31.7 Å². The summed E-state index contributed by atoms with van der Waals surface area (Å²) in [5.41, 5.74) is 1.78. The summed E-state index contributed by atoms with van der Waals surface area (Å²) < 4.78 is 0. The number of amides is 2. The number of urea groups is 1. The molecule has 1 aromatic carbocycles. The van der Waals surface area contributed by atoms with Crippen molar-refractivity contribution in [3.05, 3.63) is 35.4 Å². The molecule has 5 nitrogen and oxygen atoms in total. The second kappa shape index (κ2) is 6.17. The van der Waals surface area contributed by atoms with Crippen LogP contribution < -0.4 is 5.32 Å². The fraction of sp³-hybridized carbons (Fsp3) is 0.438. The van der Waals surface area contributed by atoms with Gasteiger partial charge in [-0.3, -0.25) is 0 Å². The van der Waals surface area contributed by atoms with Gasteiger partial charge in [0.2, 0.25) is 0 Å². The monoisotopic (exact) mass is 285 g/mol. The number of nitrogens with one attached hydrogen (secondary N) is 1. The lowest BCUT2D eigenvalue weighted by atomic mass is 10.1. The van der Waals surface area contributed by atoms with E-state index >= 15 is 0 Å². The molecule has 2 aliphatic heterocycles. The summed E-state index contributed by atoms with van der Waals surface area (Å²) in [6.07, 6.45) is 0. The number of aliphatic hydroxyl groups excluding tert-OH is 1. The molecule has 2 N–H and O–H groups in total. The Hall–Kier alpha value is -2.03. The van der Waals surface area contributed by atoms with Crippen LogP contribution in [0.3, 0.4) is 0 Å². The zero-order valence-corrected chi connectivity index (χ0v) is 11.9. The van der Waals surface area contributed by atoms with Crippen molar-refractivity contribution in [2.75, 3.05) is 32.7 Å². The molecule has 1 unspecified atom stereocenters. The van der Waals surface area contributed by atoms with E-state index in [1.54, 1.807) is 0 Å². The van der Waals surface area contributed by atoms with Crippen LogP contribution in [-0.2, 0) is 6.61 Å². The second-order valence-electron chi connectivity index (χ2n) is 5.37. The Labute approximate surface area is 124 Å². The molecule has 0 radical (unpaired) electrons. The summed E-state index contributed by atoms with van der Waals surface area (Å²) in [6, 6.07) is 7.88. The molecular weight excluding hydrogens is 266 g/mol. The van der Waals surface area contributed by atoms with Gasteiger partial charge < -0.3 is 20.2 Å². The lowest BCUT2D eigenvalue weighted by Gasteiger charge is -2.28. The second-order valence-corrected chi connectivity index (χ2v) is 5.37. The molecule has 110 valence electrons. The van der Waals surface area contributed by atoms with Crippen LogP contribution in [0.1, 0.15) is 11.1 Å². The fourth-order valence-corrected chi connectivity index (χ4v) is 2.75. The number of rotatable bonds is 2. The molecule has 3 rings (SSSR count). The zero-order valence-electron chi connectivity index (χ0n) is 11.9. The number of carbonyl (C=O) groups is 1. The minimum atomic E-state index is 0.0429. The van der Waals surface area contributed by atoms with Crippen LogP contribution >= 0.6 is 0 Å². The van der Waals surface area contributed by atoms with Crippen LogP contribution in [-0.4, -0.2) is 59.7 Å². The van der Waals surface area contributed by atoms with E-state index in [2.05, 4.69) is 17.2 Å². The fourth-order valence-electron chi connectivity index (χ4n) is 2.75. The average molecular weight is 285 g/mol. The molecule has 0 spiro atoms. The zero-order chi connectivity index (χ0) is 14.7. The van der Waals surface area contributed by atoms with Crippen molar-refractivity contribution in [3.8, 4) is 11.8 Å². The molecule has 5 heteroatoms. The number of piperazine rings is 1. The summed E-state index contributed by atoms with van der Waals surface area (Å²) in [5, 5.41) is 12.3. The number of hydrogen-bond donors (Lipinski definition) is 2. The van der Waals surface area contributed by atoms with Gasteiger partial charge >= 0.3 is 6.03 Å². The van der Waals surface area contributed by atoms with E-state index in [9.17, 15) is 4.79 Å². The van der Waals surface area contributed by atoms with Crippen LogP contribution in [0.5, 0.6) is 0 Å². The molecule has 0 aromatic heterocycles. The minimum absolute atomic E-state index is 0.0429. The van der Waals surface area contributed by atoms with Gasteiger partial charge in [-0.15, -0.1) is 0 Å². The van der Waals surface area contributed by atoms with Crippen molar-refractivity contribution in [2.45, 2.75) is 12.6 Å². The maximum absolute atomic E-state index is 12.2. The Morgan fingerprint density at radius 3 is 2.86 bits per heavy atom. The molecule has 21 heavy (non-hydrogen) atoms. The predicted molar refractivity (Wildman–Crippen MR) is 79.6 cm³/mol. The summed E-state index contributed by atoms with van der Waals surface area (Å²) in [4.78, 5) is 15.9. The Balaban J connectivity index is 1.60. The first-order valence-electron chi connectivity index (χ1n) is 7.23. The summed E-state index contributed by atoms with van der Waals surface area (Å²) in [5.74, 6) is 6.13. The van der Waals surface area contributed by atoms with Gasteiger partial charge in [0.05, 0.1) is 19.2 Å². The molecule has 2 saturated heterocycles. The van der Waals surface area contributed by atoms with Crippen molar-refractivity contribution in [2.24, 2.45) is 0 Å². The molecule has 2 fully saturated rings. The third-order valence-corrected chi connectivity index (χ3v) is 3.94. The predicted octanol–water partition coefficient (Wildman–Crippen LogP) is 0.240. The van der Waals surface area contributed by atoms with E-state index < -0.39 is 0 Å². The van der Waals surface area contributed by atoms with Gasteiger partial charge in [0.15, 0.2) is 0 Å². The number of nitrogens with zero attached hydrogens (tertiary/aromatic N) is 2. The van der Waals surface area contributed by atoms with Crippen LogP contribution in [0.4, 0.5) is 4.79 Å². The first-order chi connectivity index (χ1) is 10.3. The lowest BCUT2D eigenvalue weighted by molar-refractivity contribution is 0.181. The third-order valence-electron chi connectivity index (χ3n) is 3.94. The molecule has 1 atom stereocenters. The van der Waals surface area contributed by atoms with E-state index in [-0.39, 0.29) is 18.7 Å². The molecule has 0 saturated carbocycles. The van der Waals surface area contributed by atoms with Crippen LogP contribution in [0.15, 0.2) is 24.3 Å². The highest BCUT2D eigenvalue weighted by molar-refractivity contribution is 5.77. The smallest absolute Gasteiger partial charge is 0.321 e. The van der Waals surface area contributed by atoms with Gasteiger partial charge in [0.25, 0.3) is 0 Å².